The van der Waals surface area contributed by atoms with Gasteiger partial charge >= 0.3 is 17.9 Å². The summed E-state index contributed by atoms with van der Waals surface area (Å²) in [4.78, 5) is 37.9. The van der Waals surface area contributed by atoms with E-state index >= 15 is 0 Å². The van der Waals surface area contributed by atoms with Crippen molar-refractivity contribution >= 4 is 17.9 Å². The van der Waals surface area contributed by atoms with Crippen LogP contribution in [0.2, 0.25) is 0 Å². The second-order valence-electron chi connectivity index (χ2n) is 20.2. The molecule has 0 amide bonds. The lowest BCUT2D eigenvalue weighted by molar-refractivity contribution is -0.167. The number of esters is 3. The third-order valence-corrected chi connectivity index (χ3v) is 13.1. The molecular formula is C65H114O6. The van der Waals surface area contributed by atoms with Crippen LogP contribution >= 0.6 is 0 Å². The molecular weight excluding hydrogens is 877 g/mol. The molecule has 0 aliphatic carbocycles. The minimum atomic E-state index is -0.778. The fraction of sp³-hybridized carbons (Fsp3) is 0.769. The molecule has 0 radical (unpaired) electrons. The summed E-state index contributed by atoms with van der Waals surface area (Å²) in [6.45, 7) is 6.41. The molecule has 0 saturated carbocycles. The van der Waals surface area contributed by atoms with Crippen LogP contribution in [0.25, 0.3) is 0 Å². The van der Waals surface area contributed by atoms with Gasteiger partial charge in [-0.15, -0.1) is 0 Å². The molecule has 0 aromatic heterocycles. The molecule has 410 valence electrons. The maximum Gasteiger partial charge on any atom is 0.306 e. The van der Waals surface area contributed by atoms with Crippen LogP contribution in [0.4, 0.5) is 0 Å². The summed E-state index contributed by atoms with van der Waals surface area (Å²) >= 11 is 0. The molecule has 0 heterocycles. The number of carbonyl (C=O) groups excluding carboxylic acids is 3. The van der Waals surface area contributed by atoms with Crippen molar-refractivity contribution in [3.63, 3.8) is 0 Å². The van der Waals surface area contributed by atoms with E-state index in [1.54, 1.807) is 0 Å². The number of unbranched alkanes of at least 4 members (excludes halogenated alkanes) is 32. The number of carbonyl (C=O) groups is 3. The molecule has 0 aliphatic rings. The van der Waals surface area contributed by atoms with Gasteiger partial charge in [0.15, 0.2) is 6.10 Å². The quantitative estimate of drug-likeness (QED) is 0.0261. The van der Waals surface area contributed by atoms with E-state index in [2.05, 4.69) is 93.7 Å². The van der Waals surface area contributed by atoms with Crippen LogP contribution in [0.5, 0.6) is 0 Å². The molecule has 0 saturated heterocycles. The lowest BCUT2D eigenvalue weighted by Gasteiger charge is -2.18. The van der Waals surface area contributed by atoms with Crippen molar-refractivity contribution in [3.8, 4) is 0 Å². The monoisotopic (exact) mass is 991 g/mol. The van der Waals surface area contributed by atoms with E-state index in [-0.39, 0.29) is 31.1 Å². The van der Waals surface area contributed by atoms with Gasteiger partial charge in [0.05, 0.1) is 0 Å². The lowest BCUT2D eigenvalue weighted by atomic mass is 10.0. The predicted molar refractivity (Wildman–Crippen MR) is 307 cm³/mol. The maximum absolute atomic E-state index is 12.8. The molecule has 71 heavy (non-hydrogen) atoms. The summed E-state index contributed by atoms with van der Waals surface area (Å²) in [7, 11) is 0. The molecule has 0 aromatic rings. The smallest absolute Gasteiger partial charge is 0.306 e. The second kappa shape index (κ2) is 59.4. The zero-order valence-corrected chi connectivity index (χ0v) is 47.0. The van der Waals surface area contributed by atoms with Gasteiger partial charge in [0.1, 0.15) is 13.2 Å². The van der Waals surface area contributed by atoms with Gasteiger partial charge in [0.2, 0.25) is 0 Å². The number of hydrogen-bond donors (Lipinski definition) is 0. The maximum atomic E-state index is 12.8. The Morgan fingerprint density at radius 3 is 0.873 bits per heavy atom. The zero-order valence-electron chi connectivity index (χ0n) is 47.0. The molecule has 0 aromatic carbocycles. The summed E-state index contributed by atoms with van der Waals surface area (Å²) in [5.74, 6) is -0.891. The first-order valence-corrected chi connectivity index (χ1v) is 30.4. The van der Waals surface area contributed by atoms with E-state index in [9.17, 15) is 14.4 Å². The molecule has 6 heteroatoms. The SMILES string of the molecule is CC/C=C\C/C=C\C/C=C\C/C=C\CCCCCCCCCCCCCCCCCCCCCCC(=O)OCC(COC(=O)CCCCCCC/C=C\CCC)OC(=O)CCCCCCC/C=C\CCC. The highest BCUT2D eigenvalue weighted by atomic mass is 16.6. The predicted octanol–water partition coefficient (Wildman–Crippen LogP) is 20.5. The molecule has 0 N–H and O–H groups in total. The lowest BCUT2D eigenvalue weighted by Crippen LogP contribution is -2.30. The fourth-order valence-corrected chi connectivity index (χ4v) is 8.62. The molecule has 0 bridgehead atoms. The van der Waals surface area contributed by atoms with Gasteiger partial charge in [-0.2, -0.15) is 0 Å². The van der Waals surface area contributed by atoms with E-state index in [0.29, 0.717) is 19.3 Å². The highest BCUT2D eigenvalue weighted by Gasteiger charge is 2.19. The molecule has 1 atom stereocenters. The number of allylic oxidation sites excluding steroid dienone is 12. The Kier molecular flexibility index (Phi) is 56.8. The first kappa shape index (κ1) is 67.8. The summed E-state index contributed by atoms with van der Waals surface area (Å²) in [5.41, 5.74) is 0. The summed E-state index contributed by atoms with van der Waals surface area (Å²) in [6.07, 6.45) is 76.6. The van der Waals surface area contributed by atoms with Gasteiger partial charge in [-0.1, -0.05) is 261 Å². The average Bonchev–Trinajstić information content (AvgIpc) is 3.37. The second-order valence-corrected chi connectivity index (χ2v) is 20.2. The Morgan fingerprint density at radius 1 is 0.296 bits per heavy atom. The normalized spacial score (nSPS) is 12.5. The highest BCUT2D eigenvalue weighted by Crippen LogP contribution is 2.17. The highest BCUT2D eigenvalue weighted by molar-refractivity contribution is 5.71. The van der Waals surface area contributed by atoms with Gasteiger partial charge in [-0.25, -0.2) is 0 Å². The first-order chi connectivity index (χ1) is 35.0. The van der Waals surface area contributed by atoms with Crippen LogP contribution in [0.15, 0.2) is 72.9 Å². The third-order valence-electron chi connectivity index (χ3n) is 13.1. The molecule has 1 unspecified atom stereocenters. The summed E-state index contributed by atoms with van der Waals surface area (Å²) < 4.78 is 16.8. The van der Waals surface area contributed by atoms with Crippen LogP contribution in [-0.4, -0.2) is 37.2 Å². The van der Waals surface area contributed by atoms with E-state index in [1.165, 1.54) is 148 Å². The summed E-state index contributed by atoms with van der Waals surface area (Å²) in [5, 5.41) is 0. The standard InChI is InChI=1S/C65H114O6/c1-4-7-10-13-16-19-22-23-24-25-26-27-28-29-30-31-32-33-34-35-36-37-38-39-40-41-42-43-44-47-49-52-55-58-64(67)70-61-62(71-65(68)59-56-53-50-46-21-18-15-12-9-6-3)60-69-63(66)57-54-51-48-45-20-17-14-11-8-5-2/h7,10-12,14-16,19,23-24,26-27,62H,4-6,8-9,13,17-18,20-22,25,28-61H2,1-3H3/b10-7-,14-11-,15-12-,19-16-,24-23-,27-26-. The largest absolute Gasteiger partial charge is 0.462 e. The van der Waals surface area contributed by atoms with E-state index < -0.39 is 6.10 Å². The van der Waals surface area contributed by atoms with Crippen LogP contribution in [0.1, 0.15) is 303 Å². The van der Waals surface area contributed by atoms with E-state index in [1.807, 2.05) is 0 Å². The first-order valence-electron chi connectivity index (χ1n) is 30.4. The van der Waals surface area contributed by atoms with Crippen LogP contribution in [-0.2, 0) is 28.6 Å². The Labute approximate surface area is 440 Å². The average molecular weight is 992 g/mol. The number of ether oxygens (including phenoxy) is 3. The zero-order chi connectivity index (χ0) is 51.4. The minimum absolute atomic E-state index is 0.0780. The molecule has 0 fully saturated rings. The van der Waals surface area contributed by atoms with Crippen molar-refractivity contribution in [2.24, 2.45) is 0 Å². The Bertz CT molecular complexity index is 1320. The number of rotatable bonds is 55. The number of hydrogen-bond acceptors (Lipinski definition) is 6. The summed E-state index contributed by atoms with van der Waals surface area (Å²) in [6, 6.07) is 0. The fourth-order valence-electron chi connectivity index (χ4n) is 8.62. The molecule has 6 nitrogen and oxygen atoms in total. The van der Waals surface area contributed by atoms with Crippen molar-refractivity contribution in [3.05, 3.63) is 72.9 Å². The van der Waals surface area contributed by atoms with Crippen molar-refractivity contribution < 1.29 is 28.6 Å². The minimum Gasteiger partial charge on any atom is -0.462 e. The van der Waals surface area contributed by atoms with Crippen molar-refractivity contribution in [2.45, 2.75) is 309 Å². The van der Waals surface area contributed by atoms with Gasteiger partial charge in [0, 0.05) is 19.3 Å². The van der Waals surface area contributed by atoms with Gasteiger partial charge in [-0.3, -0.25) is 14.4 Å². The van der Waals surface area contributed by atoms with Gasteiger partial charge in [-0.05, 0) is 96.3 Å². The van der Waals surface area contributed by atoms with Crippen LogP contribution < -0.4 is 0 Å². The molecule has 0 aliphatic heterocycles. The van der Waals surface area contributed by atoms with Gasteiger partial charge < -0.3 is 14.2 Å². The Hall–Kier alpha value is -3.15. The Balaban J connectivity index is 3.97. The van der Waals surface area contributed by atoms with Crippen molar-refractivity contribution in [1.82, 2.24) is 0 Å². The van der Waals surface area contributed by atoms with E-state index in [0.717, 1.165) is 116 Å². The van der Waals surface area contributed by atoms with Crippen LogP contribution in [0.3, 0.4) is 0 Å². The van der Waals surface area contributed by atoms with Gasteiger partial charge in [0.25, 0.3) is 0 Å². The molecule has 0 spiro atoms. The van der Waals surface area contributed by atoms with Crippen LogP contribution in [0, 0.1) is 0 Å². The van der Waals surface area contributed by atoms with Crippen molar-refractivity contribution in [2.75, 3.05) is 13.2 Å². The van der Waals surface area contributed by atoms with E-state index in [4.69, 9.17) is 14.2 Å². The van der Waals surface area contributed by atoms with Crippen molar-refractivity contribution in [1.29, 1.82) is 0 Å². The molecule has 0 rings (SSSR count). The topological polar surface area (TPSA) is 78.9 Å². The Morgan fingerprint density at radius 2 is 0.549 bits per heavy atom. The third kappa shape index (κ3) is 57.6.